The van der Waals surface area contributed by atoms with Gasteiger partial charge >= 0.3 is 0 Å². The molecule has 0 saturated heterocycles. The van der Waals surface area contributed by atoms with Gasteiger partial charge in [-0.15, -0.1) is 0 Å². The molecule has 0 radical (unpaired) electrons. The van der Waals surface area contributed by atoms with Crippen LogP contribution in [0.3, 0.4) is 0 Å². The Bertz CT molecular complexity index is 283. The first-order chi connectivity index (χ1) is 11.9. The molecule has 0 aromatic rings. The van der Waals surface area contributed by atoms with Gasteiger partial charge in [-0.2, -0.15) is 0 Å². The molecule has 0 aliphatic carbocycles. The lowest BCUT2D eigenvalue weighted by molar-refractivity contribution is 0.127. The van der Waals surface area contributed by atoms with E-state index in [0.29, 0.717) is 5.92 Å². The smallest absolute Gasteiger partial charge is 0.0688 e. The van der Waals surface area contributed by atoms with E-state index in [1.807, 2.05) is 6.92 Å². The minimum atomic E-state index is -0.365. The average Bonchev–Trinajstić information content (AvgIpc) is 2.55. The zero-order chi connectivity index (χ0) is 19.1. The number of nitrogens with two attached hydrogens (primary N) is 1. The Morgan fingerprint density at radius 1 is 0.680 bits per heavy atom. The number of aliphatic hydroxyl groups is 2. The monoisotopic (exact) mass is 357 g/mol. The first-order valence-corrected chi connectivity index (χ1v) is 11.0. The van der Waals surface area contributed by atoms with E-state index in [1.165, 1.54) is 38.5 Å². The summed E-state index contributed by atoms with van der Waals surface area (Å²) in [5.74, 6) is 1.49. The molecule has 0 aliphatic heterocycles. The average molecular weight is 358 g/mol. The molecular weight excluding hydrogens is 310 g/mol. The van der Waals surface area contributed by atoms with Gasteiger partial charge in [-0.3, -0.25) is 0 Å². The van der Waals surface area contributed by atoms with E-state index in [-0.39, 0.29) is 18.2 Å². The lowest BCUT2D eigenvalue weighted by atomic mass is 9.91. The van der Waals surface area contributed by atoms with Gasteiger partial charge in [0.25, 0.3) is 0 Å². The van der Waals surface area contributed by atoms with Crippen LogP contribution in [0.2, 0.25) is 0 Å². The fourth-order valence-electron chi connectivity index (χ4n) is 3.56. The van der Waals surface area contributed by atoms with Gasteiger partial charge in [-0.05, 0) is 38.0 Å². The molecule has 3 heteroatoms. The van der Waals surface area contributed by atoms with Crippen molar-refractivity contribution in [1.82, 2.24) is 0 Å². The number of hydrogen-bond acceptors (Lipinski definition) is 3. The predicted molar refractivity (Wildman–Crippen MR) is 110 cm³/mol. The molecule has 5 unspecified atom stereocenters. The molecule has 0 aliphatic rings. The molecule has 0 rings (SSSR count). The van der Waals surface area contributed by atoms with Crippen molar-refractivity contribution in [2.24, 2.45) is 17.6 Å². The molecule has 152 valence electrons. The molecule has 0 bridgehead atoms. The largest absolute Gasteiger partial charge is 0.393 e. The number of unbranched alkanes of at least 4 members (excludes halogenated alkanes) is 4. The predicted octanol–water partition coefficient (Wildman–Crippen LogP) is 5.42. The van der Waals surface area contributed by atoms with Crippen molar-refractivity contribution in [3.05, 3.63) is 0 Å². The van der Waals surface area contributed by atoms with Crippen LogP contribution in [0.4, 0.5) is 0 Å². The van der Waals surface area contributed by atoms with Crippen LogP contribution in [0.5, 0.6) is 0 Å². The highest BCUT2D eigenvalue weighted by Crippen LogP contribution is 2.21. The summed E-state index contributed by atoms with van der Waals surface area (Å²) < 4.78 is 0. The minimum absolute atomic E-state index is 0.127. The quantitative estimate of drug-likeness (QED) is 0.305. The van der Waals surface area contributed by atoms with E-state index < -0.39 is 0 Å². The fourth-order valence-corrected chi connectivity index (χ4v) is 3.56. The molecule has 0 aromatic heterocycles. The van der Waals surface area contributed by atoms with Gasteiger partial charge in [0.05, 0.1) is 12.2 Å². The SMILES string of the molecule is CCCCC(C)CCCC(C)CC(O)CCCCCCC(O)C(C)N. The van der Waals surface area contributed by atoms with E-state index in [2.05, 4.69) is 20.8 Å². The van der Waals surface area contributed by atoms with Crippen LogP contribution in [0.25, 0.3) is 0 Å². The molecule has 0 aromatic carbocycles. The van der Waals surface area contributed by atoms with E-state index >= 15 is 0 Å². The van der Waals surface area contributed by atoms with E-state index in [1.54, 1.807) is 0 Å². The Morgan fingerprint density at radius 2 is 1.24 bits per heavy atom. The van der Waals surface area contributed by atoms with Gasteiger partial charge in [0.15, 0.2) is 0 Å². The van der Waals surface area contributed by atoms with Crippen molar-refractivity contribution >= 4 is 0 Å². The highest BCUT2D eigenvalue weighted by molar-refractivity contribution is 4.67. The summed E-state index contributed by atoms with van der Waals surface area (Å²) in [5.41, 5.74) is 5.65. The van der Waals surface area contributed by atoms with Gasteiger partial charge in [0.2, 0.25) is 0 Å². The van der Waals surface area contributed by atoms with E-state index in [9.17, 15) is 10.2 Å². The third kappa shape index (κ3) is 15.8. The molecule has 0 heterocycles. The van der Waals surface area contributed by atoms with Crippen molar-refractivity contribution in [3.63, 3.8) is 0 Å². The standard InChI is InChI=1S/C22H47NO2/c1-5-6-12-18(2)13-11-14-19(3)17-21(24)15-9-7-8-10-16-22(25)20(4)23/h18-22,24-25H,5-17,23H2,1-4H3. The molecule has 4 N–H and O–H groups in total. The maximum atomic E-state index is 10.2. The second-order valence-electron chi connectivity index (χ2n) is 8.59. The molecule has 0 saturated carbocycles. The summed E-state index contributed by atoms with van der Waals surface area (Å²) in [4.78, 5) is 0. The third-order valence-electron chi connectivity index (χ3n) is 5.51. The summed E-state index contributed by atoms with van der Waals surface area (Å²) in [6, 6.07) is -0.127. The number of rotatable bonds is 17. The number of aliphatic hydroxyl groups excluding tert-OH is 2. The summed E-state index contributed by atoms with van der Waals surface area (Å²) in [6.45, 7) is 8.78. The second kappa shape index (κ2) is 16.1. The Kier molecular flexibility index (Phi) is 16.0. The molecule has 25 heavy (non-hydrogen) atoms. The maximum absolute atomic E-state index is 10.2. The Hall–Kier alpha value is -0.120. The zero-order valence-electron chi connectivity index (χ0n) is 17.6. The first-order valence-electron chi connectivity index (χ1n) is 11.0. The highest BCUT2D eigenvalue weighted by Gasteiger charge is 2.12. The van der Waals surface area contributed by atoms with Crippen molar-refractivity contribution in [3.8, 4) is 0 Å². The Balaban J connectivity index is 3.53. The molecule has 3 nitrogen and oxygen atoms in total. The third-order valence-corrected chi connectivity index (χ3v) is 5.51. The van der Waals surface area contributed by atoms with Crippen LogP contribution < -0.4 is 5.73 Å². The van der Waals surface area contributed by atoms with Gasteiger partial charge in [-0.1, -0.05) is 85.0 Å². The Morgan fingerprint density at radius 3 is 1.84 bits per heavy atom. The summed E-state index contributed by atoms with van der Waals surface area (Å²) >= 11 is 0. The van der Waals surface area contributed by atoms with Crippen molar-refractivity contribution in [1.29, 1.82) is 0 Å². The Labute approximate surface area is 157 Å². The molecular formula is C22H47NO2. The van der Waals surface area contributed by atoms with Gasteiger partial charge in [0, 0.05) is 6.04 Å². The van der Waals surface area contributed by atoms with Crippen LogP contribution in [0.15, 0.2) is 0 Å². The summed E-state index contributed by atoms with van der Waals surface area (Å²) in [6.07, 6.45) is 14.5. The van der Waals surface area contributed by atoms with Crippen LogP contribution in [-0.4, -0.2) is 28.5 Å². The van der Waals surface area contributed by atoms with Crippen LogP contribution >= 0.6 is 0 Å². The molecule has 5 atom stereocenters. The second-order valence-corrected chi connectivity index (χ2v) is 8.59. The van der Waals surface area contributed by atoms with E-state index in [4.69, 9.17) is 5.73 Å². The molecule has 0 spiro atoms. The minimum Gasteiger partial charge on any atom is -0.393 e. The summed E-state index contributed by atoms with van der Waals surface area (Å²) in [5, 5.41) is 19.9. The number of hydrogen-bond donors (Lipinski definition) is 3. The van der Waals surface area contributed by atoms with Crippen LogP contribution in [-0.2, 0) is 0 Å². The topological polar surface area (TPSA) is 66.5 Å². The van der Waals surface area contributed by atoms with Crippen molar-refractivity contribution in [2.75, 3.05) is 0 Å². The van der Waals surface area contributed by atoms with Crippen molar-refractivity contribution < 1.29 is 10.2 Å². The fraction of sp³-hybridized carbons (Fsp3) is 1.00. The first kappa shape index (κ1) is 24.9. The zero-order valence-corrected chi connectivity index (χ0v) is 17.6. The van der Waals surface area contributed by atoms with Crippen LogP contribution in [0.1, 0.15) is 111 Å². The van der Waals surface area contributed by atoms with Gasteiger partial charge < -0.3 is 15.9 Å². The normalized spacial score (nSPS) is 17.9. The van der Waals surface area contributed by atoms with E-state index in [0.717, 1.165) is 50.9 Å². The molecule has 0 fully saturated rings. The van der Waals surface area contributed by atoms with Gasteiger partial charge in [-0.25, -0.2) is 0 Å². The van der Waals surface area contributed by atoms with Gasteiger partial charge in [0.1, 0.15) is 0 Å². The lowest BCUT2D eigenvalue weighted by Gasteiger charge is -2.18. The summed E-state index contributed by atoms with van der Waals surface area (Å²) in [7, 11) is 0. The maximum Gasteiger partial charge on any atom is 0.0688 e. The lowest BCUT2D eigenvalue weighted by Crippen LogP contribution is -2.31. The highest BCUT2D eigenvalue weighted by atomic mass is 16.3. The molecule has 0 amide bonds. The van der Waals surface area contributed by atoms with Crippen molar-refractivity contribution in [2.45, 2.75) is 129 Å². The van der Waals surface area contributed by atoms with Crippen LogP contribution in [0, 0.1) is 11.8 Å².